The lowest BCUT2D eigenvalue weighted by atomic mass is 10.3. The largest absolute Gasteiger partial charge is 0.485 e. The standard InChI is InChI=1S/C12H15FN2O5/c1-3-19-12(16)9(14-2)7-20-11-5-4-8(13)6-10(11)15(17)18/h4-6,9,14H,3,7H2,1-2H3. The van der Waals surface area contributed by atoms with Gasteiger partial charge in [0.2, 0.25) is 0 Å². The summed E-state index contributed by atoms with van der Waals surface area (Å²) < 4.78 is 23.0. The van der Waals surface area contributed by atoms with Crippen molar-refractivity contribution in [2.24, 2.45) is 0 Å². The van der Waals surface area contributed by atoms with Gasteiger partial charge in [0.1, 0.15) is 18.5 Å². The van der Waals surface area contributed by atoms with Gasteiger partial charge in [-0.2, -0.15) is 0 Å². The maximum Gasteiger partial charge on any atom is 0.326 e. The van der Waals surface area contributed by atoms with Gasteiger partial charge in [-0.05, 0) is 26.1 Å². The molecule has 0 aliphatic carbocycles. The molecule has 0 heterocycles. The number of nitrogens with zero attached hydrogens (tertiary/aromatic N) is 1. The summed E-state index contributed by atoms with van der Waals surface area (Å²) in [7, 11) is 1.53. The average Bonchev–Trinajstić information content (AvgIpc) is 2.41. The Morgan fingerprint density at radius 1 is 1.55 bits per heavy atom. The molecule has 1 aromatic rings. The van der Waals surface area contributed by atoms with Crippen molar-refractivity contribution < 1.29 is 23.6 Å². The van der Waals surface area contributed by atoms with E-state index in [1.54, 1.807) is 6.92 Å². The van der Waals surface area contributed by atoms with Crippen LogP contribution in [0.2, 0.25) is 0 Å². The molecule has 0 fully saturated rings. The molecule has 0 bridgehead atoms. The van der Waals surface area contributed by atoms with Crippen LogP contribution in [0.4, 0.5) is 10.1 Å². The first-order valence-corrected chi connectivity index (χ1v) is 5.90. The van der Waals surface area contributed by atoms with Gasteiger partial charge in [0.25, 0.3) is 0 Å². The van der Waals surface area contributed by atoms with Crippen LogP contribution in [0.15, 0.2) is 18.2 Å². The predicted molar refractivity (Wildman–Crippen MR) is 68.0 cm³/mol. The van der Waals surface area contributed by atoms with Crippen LogP contribution in [-0.4, -0.2) is 37.2 Å². The summed E-state index contributed by atoms with van der Waals surface area (Å²) in [6, 6.07) is 2.18. The summed E-state index contributed by atoms with van der Waals surface area (Å²) in [4.78, 5) is 21.5. The molecule has 0 saturated heterocycles. The number of nitro benzene ring substituents is 1. The van der Waals surface area contributed by atoms with Gasteiger partial charge in [0.15, 0.2) is 5.75 Å². The molecule has 20 heavy (non-hydrogen) atoms. The SMILES string of the molecule is CCOC(=O)C(COc1ccc(F)cc1[N+](=O)[O-])NC. The summed E-state index contributed by atoms with van der Waals surface area (Å²) >= 11 is 0. The van der Waals surface area contributed by atoms with E-state index in [9.17, 15) is 19.3 Å². The molecule has 0 spiro atoms. The van der Waals surface area contributed by atoms with Crippen molar-refractivity contribution in [3.05, 3.63) is 34.1 Å². The van der Waals surface area contributed by atoms with E-state index < -0.39 is 28.4 Å². The molecule has 0 amide bonds. The van der Waals surface area contributed by atoms with Crippen molar-refractivity contribution in [2.45, 2.75) is 13.0 Å². The molecule has 0 aromatic heterocycles. The van der Waals surface area contributed by atoms with Gasteiger partial charge in [-0.15, -0.1) is 0 Å². The number of rotatable bonds is 7. The number of carbonyl (C=O) groups excluding carboxylic acids is 1. The van der Waals surface area contributed by atoms with E-state index in [4.69, 9.17) is 9.47 Å². The van der Waals surface area contributed by atoms with E-state index in [2.05, 4.69) is 5.32 Å². The first kappa shape index (κ1) is 15.8. The molecule has 1 atom stereocenters. The zero-order valence-corrected chi connectivity index (χ0v) is 11.1. The Morgan fingerprint density at radius 3 is 2.80 bits per heavy atom. The normalized spacial score (nSPS) is 11.8. The number of benzene rings is 1. The lowest BCUT2D eigenvalue weighted by Crippen LogP contribution is -2.40. The second-order valence-corrected chi connectivity index (χ2v) is 3.77. The molecule has 1 unspecified atom stereocenters. The first-order valence-electron chi connectivity index (χ1n) is 5.90. The van der Waals surface area contributed by atoms with Gasteiger partial charge in [0, 0.05) is 0 Å². The zero-order valence-electron chi connectivity index (χ0n) is 11.1. The second-order valence-electron chi connectivity index (χ2n) is 3.77. The average molecular weight is 286 g/mol. The second kappa shape index (κ2) is 7.39. The molecule has 8 heteroatoms. The molecule has 0 radical (unpaired) electrons. The minimum absolute atomic E-state index is 0.110. The summed E-state index contributed by atoms with van der Waals surface area (Å²) in [5.74, 6) is -1.37. The Balaban J connectivity index is 2.78. The molecule has 0 saturated carbocycles. The van der Waals surface area contributed by atoms with E-state index in [0.717, 1.165) is 18.2 Å². The number of hydrogen-bond acceptors (Lipinski definition) is 6. The van der Waals surface area contributed by atoms with Crippen LogP contribution in [0.5, 0.6) is 5.75 Å². The number of hydrogen-bond donors (Lipinski definition) is 1. The summed E-state index contributed by atoms with van der Waals surface area (Å²) in [6.45, 7) is 1.71. The Kier molecular flexibility index (Phi) is 5.85. The fourth-order valence-corrected chi connectivity index (χ4v) is 1.44. The highest BCUT2D eigenvalue weighted by atomic mass is 19.1. The minimum atomic E-state index is -0.764. The number of halogens is 1. The maximum absolute atomic E-state index is 13.0. The zero-order chi connectivity index (χ0) is 15.1. The van der Waals surface area contributed by atoms with Crippen molar-refractivity contribution >= 4 is 11.7 Å². The Morgan fingerprint density at radius 2 is 2.25 bits per heavy atom. The molecule has 1 aromatic carbocycles. The van der Waals surface area contributed by atoms with Gasteiger partial charge < -0.3 is 14.8 Å². The third-order valence-corrected chi connectivity index (χ3v) is 2.44. The van der Waals surface area contributed by atoms with Gasteiger partial charge in [-0.3, -0.25) is 14.9 Å². The first-order chi connectivity index (χ1) is 9.49. The van der Waals surface area contributed by atoms with E-state index in [1.165, 1.54) is 7.05 Å². The third kappa shape index (κ3) is 4.16. The molecule has 0 aliphatic heterocycles. The maximum atomic E-state index is 13.0. The van der Waals surface area contributed by atoms with E-state index >= 15 is 0 Å². The number of carbonyl (C=O) groups is 1. The number of nitro groups is 1. The Bertz CT molecular complexity index is 495. The Hall–Kier alpha value is -2.22. The van der Waals surface area contributed by atoms with Crippen molar-refractivity contribution in [1.29, 1.82) is 0 Å². The highest BCUT2D eigenvalue weighted by Crippen LogP contribution is 2.27. The van der Waals surface area contributed by atoms with Crippen LogP contribution in [-0.2, 0) is 9.53 Å². The van der Waals surface area contributed by atoms with Crippen LogP contribution in [0.1, 0.15) is 6.92 Å². The van der Waals surface area contributed by atoms with Crippen molar-refractivity contribution in [3.63, 3.8) is 0 Å². The highest BCUT2D eigenvalue weighted by Gasteiger charge is 2.21. The molecule has 1 N–H and O–H groups in total. The number of nitrogens with one attached hydrogen (secondary N) is 1. The van der Waals surface area contributed by atoms with Gasteiger partial charge in [-0.25, -0.2) is 4.39 Å². The fourth-order valence-electron chi connectivity index (χ4n) is 1.44. The van der Waals surface area contributed by atoms with E-state index in [0.29, 0.717) is 0 Å². The predicted octanol–water partition coefficient (Wildman–Crippen LogP) is 1.26. The molecule has 1 rings (SSSR count). The van der Waals surface area contributed by atoms with Gasteiger partial charge >= 0.3 is 11.7 Å². The van der Waals surface area contributed by atoms with Crippen molar-refractivity contribution in [3.8, 4) is 5.75 Å². The lowest BCUT2D eigenvalue weighted by Gasteiger charge is -2.15. The number of likely N-dealkylation sites (N-methyl/N-ethyl adjacent to an activating group) is 1. The lowest BCUT2D eigenvalue weighted by molar-refractivity contribution is -0.386. The quantitative estimate of drug-likeness (QED) is 0.461. The molecule has 110 valence electrons. The van der Waals surface area contributed by atoms with Crippen LogP contribution in [0.3, 0.4) is 0 Å². The van der Waals surface area contributed by atoms with E-state index in [1.807, 2.05) is 0 Å². The number of ether oxygens (including phenoxy) is 2. The summed E-state index contributed by atoms with van der Waals surface area (Å²) in [5, 5.41) is 13.4. The Labute approximate surface area is 114 Å². The molecule has 7 nitrogen and oxygen atoms in total. The molecular formula is C12H15FN2O5. The summed E-state index contributed by atoms with van der Waals surface area (Å²) in [5.41, 5.74) is -0.497. The summed E-state index contributed by atoms with van der Waals surface area (Å²) in [6.07, 6.45) is 0. The van der Waals surface area contributed by atoms with Gasteiger partial charge in [0.05, 0.1) is 17.6 Å². The molecule has 0 aliphatic rings. The van der Waals surface area contributed by atoms with Crippen LogP contribution >= 0.6 is 0 Å². The smallest absolute Gasteiger partial charge is 0.326 e. The van der Waals surface area contributed by atoms with Crippen molar-refractivity contribution in [1.82, 2.24) is 5.32 Å². The molecular weight excluding hydrogens is 271 g/mol. The van der Waals surface area contributed by atoms with Crippen LogP contribution in [0, 0.1) is 15.9 Å². The fraction of sp³-hybridized carbons (Fsp3) is 0.417. The van der Waals surface area contributed by atoms with Gasteiger partial charge in [-0.1, -0.05) is 0 Å². The van der Waals surface area contributed by atoms with Crippen LogP contribution in [0.25, 0.3) is 0 Å². The minimum Gasteiger partial charge on any atom is -0.485 e. The highest BCUT2D eigenvalue weighted by molar-refractivity contribution is 5.76. The van der Waals surface area contributed by atoms with Crippen LogP contribution < -0.4 is 10.1 Å². The van der Waals surface area contributed by atoms with Crippen molar-refractivity contribution in [2.75, 3.05) is 20.3 Å². The van der Waals surface area contributed by atoms with E-state index in [-0.39, 0.29) is 19.0 Å². The topological polar surface area (TPSA) is 90.7 Å². The third-order valence-electron chi connectivity index (χ3n) is 2.44. The monoisotopic (exact) mass is 286 g/mol. The number of esters is 1.